The van der Waals surface area contributed by atoms with Crippen molar-refractivity contribution in [2.24, 2.45) is 18.7 Å². The molecule has 1 aliphatic rings. The van der Waals surface area contributed by atoms with E-state index in [-0.39, 0.29) is 11.9 Å². The smallest absolute Gasteiger partial charge is 0.270 e. The molecule has 2 atom stereocenters. The van der Waals surface area contributed by atoms with E-state index in [0.717, 1.165) is 12.8 Å². The number of carbonyl (C=O) groups excluding carboxylic acids is 1. The lowest BCUT2D eigenvalue weighted by atomic mass is 9.83. The third-order valence-corrected chi connectivity index (χ3v) is 4.39. The van der Waals surface area contributed by atoms with Crippen LogP contribution in [0.25, 0.3) is 0 Å². The Labute approximate surface area is 119 Å². The zero-order valence-corrected chi connectivity index (χ0v) is 12.4. The van der Waals surface area contributed by atoms with Gasteiger partial charge in [0.1, 0.15) is 5.69 Å². The van der Waals surface area contributed by atoms with Gasteiger partial charge in [-0.3, -0.25) is 4.79 Å². The first-order valence-electron chi connectivity index (χ1n) is 6.83. The summed E-state index contributed by atoms with van der Waals surface area (Å²) in [7, 11) is 3.72. The zero-order valence-electron chi connectivity index (χ0n) is 11.6. The van der Waals surface area contributed by atoms with Crippen molar-refractivity contribution in [3.05, 3.63) is 23.0 Å². The van der Waals surface area contributed by atoms with Gasteiger partial charge in [-0.15, -0.1) is 0 Å². The van der Waals surface area contributed by atoms with Gasteiger partial charge in [-0.1, -0.05) is 24.4 Å². The lowest BCUT2D eigenvalue weighted by Gasteiger charge is -2.37. The molecule has 1 saturated carbocycles. The highest BCUT2D eigenvalue weighted by Gasteiger charge is 2.31. The Bertz CT molecular complexity index is 458. The highest BCUT2D eigenvalue weighted by atomic mass is 35.5. The van der Waals surface area contributed by atoms with Crippen LogP contribution in [-0.4, -0.2) is 35.0 Å². The van der Waals surface area contributed by atoms with Gasteiger partial charge in [0.2, 0.25) is 0 Å². The molecule has 0 spiro atoms. The van der Waals surface area contributed by atoms with E-state index in [9.17, 15) is 4.79 Å². The van der Waals surface area contributed by atoms with Crippen molar-refractivity contribution >= 4 is 17.5 Å². The quantitative estimate of drug-likeness (QED) is 0.925. The molecule has 1 aromatic rings. The summed E-state index contributed by atoms with van der Waals surface area (Å²) in [5.74, 6) is 0.443. The van der Waals surface area contributed by atoms with Crippen molar-refractivity contribution in [1.29, 1.82) is 0 Å². The molecule has 106 valence electrons. The molecule has 1 aromatic heterocycles. The van der Waals surface area contributed by atoms with Crippen molar-refractivity contribution in [2.45, 2.75) is 31.7 Å². The Morgan fingerprint density at radius 3 is 2.79 bits per heavy atom. The maximum Gasteiger partial charge on any atom is 0.270 e. The molecular formula is C14H22ClN3O. The number of aryl methyl sites for hydroxylation is 1. The number of hydrogen-bond acceptors (Lipinski definition) is 2. The fraction of sp³-hybridized carbons (Fsp3) is 0.643. The number of nitrogens with two attached hydrogens (primary N) is 1. The molecule has 1 fully saturated rings. The summed E-state index contributed by atoms with van der Waals surface area (Å²) in [5, 5.41) is 0.596. The Balaban J connectivity index is 2.16. The first kappa shape index (κ1) is 14.4. The maximum absolute atomic E-state index is 12.5. The molecule has 19 heavy (non-hydrogen) atoms. The van der Waals surface area contributed by atoms with Crippen molar-refractivity contribution in [2.75, 3.05) is 13.6 Å². The first-order chi connectivity index (χ1) is 9.04. The molecular weight excluding hydrogens is 262 g/mol. The van der Waals surface area contributed by atoms with Gasteiger partial charge in [0.25, 0.3) is 5.91 Å². The van der Waals surface area contributed by atoms with E-state index in [0.29, 0.717) is 23.2 Å². The van der Waals surface area contributed by atoms with Crippen LogP contribution in [0.2, 0.25) is 5.02 Å². The summed E-state index contributed by atoms with van der Waals surface area (Å²) in [6, 6.07) is 1.97. The van der Waals surface area contributed by atoms with E-state index in [1.54, 1.807) is 16.8 Å². The van der Waals surface area contributed by atoms with Gasteiger partial charge >= 0.3 is 0 Å². The first-order valence-corrected chi connectivity index (χ1v) is 7.21. The third kappa shape index (κ3) is 2.95. The number of aromatic nitrogens is 1. The summed E-state index contributed by atoms with van der Waals surface area (Å²) < 4.78 is 1.78. The lowest BCUT2D eigenvalue weighted by Crippen LogP contribution is -2.46. The van der Waals surface area contributed by atoms with Crippen LogP contribution >= 0.6 is 11.6 Å². The summed E-state index contributed by atoms with van der Waals surface area (Å²) >= 11 is 5.94. The monoisotopic (exact) mass is 283 g/mol. The van der Waals surface area contributed by atoms with E-state index in [1.807, 2.05) is 19.0 Å². The summed E-state index contributed by atoms with van der Waals surface area (Å²) in [6.45, 7) is 0.649. The average molecular weight is 284 g/mol. The number of carbonyl (C=O) groups is 1. The highest BCUT2D eigenvalue weighted by Crippen LogP contribution is 2.28. The second-order valence-corrected chi connectivity index (χ2v) is 5.85. The fourth-order valence-electron chi connectivity index (χ4n) is 3.04. The molecule has 0 saturated heterocycles. The second kappa shape index (κ2) is 5.97. The van der Waals surface area contributed by atoms with E-state index >= 15 is 0 Å². The molecule has 0 aliphatic heterocycles. The molecule has 2 N–H and O–H groups in total. The highest BCUT2D eigenvalue weighted by molar-refractivity contribution is 6.31. The number of halogens is 1. The van der Waals surface area contributed by atoms with Crippen molar-refractivity contribution in [3.8, 4) is 0 Å². The lowest BCUT2D eigenvalue weighted by molar-refractivity contribution is 0.0611. The minimum absolute atomic E-state index is 0.0275. The van der Waals surface area contributed by atoms with E-state index in [2.05, 4.69) is 0 Å². The van der Waals surface area contributed by atoms with Gasteiger partial charge in [0.05, 0.1) is 5.02 Å². The van der Waals surface area contributed by atoms with Crippen LogP contribution in [-0.2, 0) is 7.05 Å². The Hall–Kier alpha value is -1.00. The molecule has 0 radical (unpaired) electrons. The van der Waals surface area contributed by atoms with E-state index < -0.39 is 0 Å². The molecule has 2 unspecified atom stereocenters. The van der Waals surface area contributed by atoms with E-state index in [4.69, 9.17) is 17.3 Å². The predicted octanol–water partition coefficient (Wildman–Crippen LogP) is 2.27. The molecule has 4 nitrogen and oxygen atoms in total. The van der Waals surface area contributed by atoms with Gasteiger partial charge < -0.3 is 15.2 Å². The van der Waals surface area contributed by atoms with Crippen LogP contribution in [0.1, 0.15) is 36.2 Å². The standard InChI is InChI=1S/C14H22ClN3O/c1-17-9-11(15)7-13(17)14(19)18(2)12-6-4-3-5-10(12)8-16/h7,9-10,12H,3-6,8,16H2,1-2H3. The van der Waals surface area contributed by atoms with Crippen LogP contribution in [0.15, 0.2) is 12.3 Å². The molecule has 2 rings (SSSR count). The van der Waals surface area contributed by atoms with Crippen LogP contribution in [0.3, 0.4) is 0 Å². The van der Waals surface area contributed by atoms with Gasteiger partial charge in [-0.05, 0) is 31.4 Å². The molecule has 0 bridgehead atoms. The van der Waals surface area contributed by atoms with Crippen molar-refractivity contribution in [3.63, 3.8) is 0 Å². The largest absolute Gasteiger partial charge is 0.345 e. The number of nitrogens with zero attached hydrogens (tertiary/aromatic N) is 2. The summed E-state index contributed by atoms with van der Waals surface area (Å²) in [4.78, 5) is 14.4. The fourth-order valence-corrected chi connectivity index (χ4v) is 3.29. The number of hydrogen-bond donors (Lipinski definition) is 1. The molecule has 1 heterocycles. The molecule has 0 aromatic carbocycles. The van der Waals surface area contributed by atoms with Gasteiger partial charge in [-0.2, -0.15) is 0 Å². The molecule has 5 heteroatoms. The topological polar surface area (TPSA) is 51.3 Å². The third-order valence-electron chi connectivity index (χ3n) is 4.18. The Morgan fingerprint density at radius 2 is 2.21 bits per heavy atom. The maximum atomic E-state index is 12.5. The normalized spacial score (nSPS) is 23.4. The number of rotatable bonds is 3. The average Bonchev–Trinajstić information content (AvgIpc) is 2.76. The van der Waals surface area contributed by atoms with Gasteiger partial charge in [0, 0.05) is 26.3 Å². The second-order valence-electron chi connectivity index (χ2n) is 5.42. The number of amides is 1. The van der Waals surface area contributed by atoms with Gasteiger partial charge in [-0.25, -0.2) is 0 Å². The molecule has 1 amide bonds. The summed E-state index contributed by atoms with van der Waals surface area (Å²) in [6.07, 6.45) is 6.31. The van der Waals surface area contributed by atoms with Gasteiger partial charge in [0.15, 0.2) is 0 Å². The Morgan fingerprint density at radius 1 is 1.53 bits per heavy atom. The Kier molecular flexibility index (Phi) is 4.53. The van der Waals surface area contributed by atoms with Crippen LogP contribution in [0, 0.1) is 5.92 Å². The zero-order chi connectivity index (χ0) is 14.0. The van der Waals surface area contributed by atoms with Crippen LogP contribution < -0.4 is 5.73 Å². The molecule has 1 aliphatic carbocycles. The van der Waals surface area contributed by atoms with Crippen LogP contribution in [0.4, 0.5) is 0 Å². The predicted molar refractivity (Wildman–Crippen MR) is 77.3 cm³/mol. The van der Waals surface area contributed by atoms with Crippen molar-refractivity contribution < 1.29 is 4.79 Å². The summed E-state index contributed by atoms with van der Waals surface area (Å²) in [5.41, 5.74) is 6.47. The minimum atomic E-state index is 0.0275. The van der Waals surface area contributed by atoms with Crippen molar-refractivity contribution in [1.82, 2.24) is 9.47 Å². The van der Waals surface area contributed by atoms with E-state index in [1.165, 1.54) is 12.8 Å². The SMILES string of the molecule is CN(C(=O)c1cc(Cl)cn1C)C1CCCCC1CN. The minimum Gasteiger partial charge on any atom is -0.345 e. The van der Waals surface area contributed by atoms with Crippen LogP contribution in [0.5, 0.6) is 0 Å².